The molecule has 0 heterocycles. The highest BCUT2D eigenvalue weighted by molar-refractivity contribution is 6.42. The highest BCUT2D eigenvalue weighted by Gasteiger charge is 2.02. The Hall–Kier alpha value is -0.200. The summed E-state index contributed by atoms with van der Waals surface area (Å²) in [4.78, 5) is 0. The number of hydrogen-bond donors (Lipinski definition) is 0. The molecule has 0 nitrogen and oxygen atoms in total. The van der Waals surface area contributed by atoms with Gasteiger partial charge in [-0.1, -0.05) is 35.3 Å². The molecule has 1 aromatic rings. The lowest BCUT2D eigenvalue weighted by molar-refractivity contribution is 1.40. The van der Waals surface area contributed by atoms with Gasteiger partial charge in [-0.15, -0.1) is 0 Å². The number of rotatable bonds is 0. The van der Waals surface area contributed by atoms with Crippen molar-refractivity contribution >= 4 is 23.2 Å². The lowest BCUT2D eigenvalue weighted by atomic mass is 10.2. The van der Waals surface area contributed by atoms with Crippen LogP contribution in [0, 0.1) is 13.8 Å². The molecule has 0 unspecified atom stereocenters. The first-order valence-corrected chi connectivity index (χ1v) is 3.79. The molecule has 0 aliphatic carbocycles. The van der Waals surface area contributed by atoms with Crippen molar-refractivity contribution < 1.29 is 0 Å². The molecule has 0 saturated heterocycles. The van der Waals surface area contributed by atoms with Gasteiger partial charge in [0, 0.05) is 0 Å². The van der Waals surface area contributed by atoms with Gasteiger partial charge in [0.15, 0.2) is 0 Å². The summed E-state index contributed by atoms with van der Waals surface area (Å²) in [5, 5.41) is 1.34. The summed E-state index contributed by atoms with van der Waals surface area (Å²) in [7, 11) is 0. The maximum absolute atomic E-state index is 5.85. The van der Waals surface area contributed by atoms with E-state index in [-0.39, 0.29) is 0 Å². The van der Waals surface area contributed by atoms with Gasteiger partial charge < -0.3 is 0 Å². The van der Waals surface area contributed by atoms with Crippen LogP contribution in [0.3, 0.4) is 0 Å². The number of benzene rings is 1. The van der Waals surface area contributed by atoms with E-state index >= 15 is 0 Å². The molecule has 0 N–H and O–H groups in total. The second-order valence-electron chi connectivity index (χ2n) is 2.33. The Balaban J connectivity index is 3.34. The summed E-state index contributed by atoms with van der Waals surface area (Å²) in [6, 6.07) is 3.92. The standard InChI is InChI=1S/C8H8Cl2/c1-5-3-4-6(2)8(10)7(5)9/h3-4H,1-2H3. The minimum atomic E-state index is 0.668. The zero-order valence-corrected chi connectivity index (χ0v) is 7.42. The highest BCUT2D eigenvalue weighted by atomic mass is 35.5. The third-order valence-electron chi connectivity index (χ3n) is 1.47. The van der Waals surface area contributed by atoms with Gasteiger partial charge in [-0.2, -0.15) is 0 Å². The first-order chi connectivity index (χ1) is 4.63. The van der Waals surface area contributed by atoms with Crippen molar-refractivity contribution in [2.45, 2.75) is 13.8 Å². The molecule has 0 aliphatic heterocycles. The summed E-state index contributed by atoms with van der Waals surface area (Å²) >= 11 is 11.7. The van der Waals surface area contributed by atoms with E-state index < -0.39 is 0 Å². The smallest absolute Gasteiger partial charge is 0.0624 e. The molecular formula is C8H8Cl2. The summed E-state index contributed by atoms with van der Waals surface area (Å²) < 4.78 is 0. The molecule has 0 spiro atoms. The van der Waals surface area contributed by atoms with Crippen LogP contribution < -0.4 is 0 Å². The van der Waals surface area contributed by atoms with Crippen LogP contribution in [0.4, 0.5) is 0 Å². The van der Waals surface area contributed by atoms with Gasteiger partial charge in [0.05, 0.1) is 10.0 Å². The first kappa shape index (κ1) is 7.90. The summed E-state index contributed by atoms with van der Waals surface area (Å²) in [5.74, 6) is 0. The van der Waals surface area contributed by atoms with Crippen LogP contribution in [0.25, 0.3) is 0 Å². The average molecular weight is 175 g/mol. The highest BCUT2D eigenvalue weighted by Crippen LogP contribution is 2.27. The van der Waals surface area contributed by atoms with Gasteiger partial charge >= 0.3 is 0 Å². The van der Waals surface area contributed by atoms with Crippen LogP contribution in [-0.2, 0) is 0 Å². The fourth-order valence-electron chi connectivity index (χ4n) is 0.743. The van der Waals surface area contributed by atoms with E-state index in [9.17, 15) is 0 Å². The lowest BCUT2D eigenvalue weighted by Crippen LogP contribution is -1.79. The monoisotopic (exact) mass is 174 g/mol. The fraction of sp³-hybridized carbons (Fsp3) is 0.250. The van der Waals surface area contributed by atoms with Gasteiger partial charge in [0.25, 0.3) is 0 Å². The predicted molar refractivity (Wildman–Crippen MR) is 45.9 cm³/mol. The molecule has 0 atom stereocenters. The second-order valence-corrected chi connectivity index (χ2v) is 3.08. The molecular weight excluding hydrogens is 167 g/mol. The third kappa shape index (κ3) is 1.28. The second kappa shape index (κ2) is 2.81. The minimum absolute atomic E-state index is 0.668. The Labute approximate surface area is 70.8 Å². The molecule has 54 valence electrons. The Kier molecular flexibility index (Phi) is 2.22. The summed E-state index contributed by atoms with van der Waals surface area (Å²) in [6.45, 7) is 3.88. The normalized spacial score (nSPS) is 10.0. The molecule has 0 saturated carbocycles. The van der Waals surface area contributed by atoms with E-state index in [1.165, 1.54) is 0 Å². The molecule has 10 heavy (non-hydrogen) atoms. The first-order valence-electron chi connectivity index (χ1n) is 3.04. The van der Waals surface area contributed by atoms with Gasteiger partial charge in [0.2, 0.25) is 0 Å². The Morgan fingerprint density at radius 1 is 0.900 bits per heavy atom. The van der Waals surface area contributed by atoms with Crippen LogP contribution in [0.1, 0.15) is 11.1 Å². The Morgan fingerprint density at radius 2 is 1.20 bits per heavy atom. The summed E-state index contributed by atoms with van der Waals surface area (Å²) in [5.41, 5.74) is 2.05. The molecule has 0 bridgehead atoms. The number of halogens is 2. The van der Waals surface area contributed by atoms with E-state index in [0.29, 0.717) is 10.0 Å². The predicted octanol–water partition coefficient (Wildman–Crippen LogP) is 3.61. The molecule has 2 heteroatoms. The molecule has 0 fully saturated rings. The van der Waals surface area contributed by atoms with E-state index in [2.05, 4.69) is 0 Å². The van der Waals surface area contributed by atoms with Crippen molar-refractivity contribution in [2.75, 3.05) is 0 Å². The molecule has 0 amide bonds. The van der Waals surface area contributed by atoms with Crippen molar-refractivity contribution in [3.8, 4) is 0 Å². The number of hydrogen-bond acceptors (Lipinski definition) is 0. The van der Waals surface area contributed by atoms with E-state index in [1.54, 1.807) is 0 Å². The largest absolute Gasteiger partial charge is 0.0824 e. The van der Waals surface area contributed by atoms with Crippen LogP contribution in [0.15, 0.2) is 12.1 Å². The van der Waals surface area contributed by atoms with Crippen LogP contribution in [-0.4, -0.2) is 0 Å². The van der Waals surface area contributed by atoms with Crippen molar-refractivity contribution in [1.82, 2.24) is 0 Å². The van der Waals surface area contributed by atoms with E-state index in [1.807, 2.05) is 26.0 Å². The maximum atomic E-state index is 5.85. The lowest BCUT2D eigenvalue weighted by Gasteiger charge is -2.01. The SMILES string of the molecule is Cc1ccc(C)c(Cl)c1Cl. The van der Waals surface area contributed by atoms with Crippen molar-refractivity contribution in [3.05, 3.63) is 33.3 Å². The Morgan fingerprint density at radius 3 is 1.50 bits per heavy atom. The average Bonchev–Trinajstić information content (AvgIpc) is 1.93. The van der Waals surface area contributed by atoms with Gasteiger partial charge in [-0.3, -0.25) is 0 Å². The van der Waals surface area contributed by atoms with Crippen LogP contribution >= 0.6 is 23.2 Å². The zero-order valence-electron chi connectivity index (χ0n) is 5.91. The van der Waals surface area contributed by atoms with Gasteiger partial charge in [0.1, 0.15) is 0 Å². The van der Waals surface area contributed by atoms with E-state index in [0.717, 1.165) is 11.1 Å². The van der Waals surface area contributed by atoms with Crippen molar-refractivity contribution in [3.63, 3.8) is 0 Å². The van der Waals surface area contributed by atoms with E-state index in [4.69, 9.17) is 23.2 Å². The topological polar surface area (TPSA) is 0 Å². The zero-order chi connectivity index (χ0) is 7.72. The van der Waals surface area contributed by atoms with Crippen LogP contribution in [0.2, 0.25) is 10.0 Å². The van der Waals surface area contributed by atoms with Crippen molar-refractivity contribution in [1.29, 1.82) is 0 Å². The minimum Gasteiger partial charge on any atom is -0.0824 e. The number of aryl methyl sites for hydroxylation is 2. The van der Waals surface area contributed by atoms with Crippen molar-refractivity contribution in [2.24, 2.45) is 0 Å². The Bertz CT molecular complexity index is 227. The maximum Gasteiger partial charge on any atom is 0.0624 e. The molecule has 0 radical (unpaired) electrons. The quantitative estimate of drug-likeness (QED) is 0.564. The molecule has 0 aromatic heterocycles. The van der Waals surface area contributed by atoms with Gasteiger partial charge in [-0.05, 0) is 25.0 Å². The molecule has 1 rings (SSSR count). The van der Waals surface area contributed by atoms with Crippen LogP contribution in [0.5, 0.6) is 0 Å². The fourth-order valence-corrected chi connectivity index (χ4v) is 1.17. The summed E-state index contributed by atoms with van der Waals surface area (Å²) in [6.07, 6.45) is 0. The molecule has 0 aliphatic rings. The van der Waals surface area contributed by atoms with Gasteiger partial charge in [-0.25, -0.2) is 0 Å². The molecule has 1 aromatic carbocycles. The third-order valence-corrected chi connectivity index (χ3v) is 2.54.